The number of pyridine rings is 1. The third-order valence-electron chi connectivity index (χ3n) is 8.17. The number of carbonyl (C=O) groups is 1. The first-order chi connectivity index (χ1) is 18.0. The van der Waals surface area contributed by atoms with Gasteiger partial charge in [0.1, 0.15) is 6.17 Å². The molecule has 0 saturated carbocycles. The molecule has 1 aliphatic carbocycles. The Labute approximate surface area is 216 Å². The van der Waals surface area contributed by atoms with E-state index in [0.717, 1.165) is 25.7 Å². The molecule has 3 aliphatic rings. The van der Waals surface area contributed by atoms with Crippen LogP contribution in [-0.2, 0) is 17.6 Å². The van der Waals surface area contributed by atoms with Gasteiger partial charge < -0.3 is 14.7 Å². The summed E-state index contributed by atoms with van der Waals surface area (Å²) in [7, 11) is 0. The molecule has 6 rings (SSSR count). The summed E-state index contributed by atoms with van der Waals surface area (Å²) in [4.78, 5) is 28.5. The lowest BCUT2D eigenvalue weighted by molar-refractivity contribution is -0.00101. The highest BCUT2D eigenvalue weighted by Crippen LogP contribution is 2.43. The number of aryl methyl sites for hydroxylation is 2. The highest BCUT2D eigenvalue weighted by atomic mass is 16.5. The van der Waals surface area contributed by atoms with Gasteiger partial charge in [-0.05, 0) is 61.8 Å². The zero-order valence-electron chi connectivity index (χ0n) is 21.3. The number of aromatic hydroxyl groups is 1. The predicted molar refractivity (Wildman–Crippen MR) is 141 cm³/mol. The number of hydrogen-bond donors (Lipinski definition) is 1. The van der Waals surface area contributed by atoms with Crippen molar-refractivity contribution in [2.45, 2.75) is 57.8 Å². The topological polar surface area (TPSA) is 75.0 Å². The Morgan fingerprint density at radius 1 is 0.892 bits per heavy atom. The van der Waals surface area contributed by atoms with Crippen LogP contribution < -0.4 is 10.4 Å². The highest BCUT2D eigenvalue weighted by molar-refractivity contribution is 5.96. The monoisotopic (exact) mass is 499 g/mol. The molecule has 1 N–H and O–H groups in total. The molecule has 192 valence electrons. The molecule has 0 spiro atoms. The first-order valence-electron chi connectivity index (χ1n) is 13.3. The number of ether oxygens (including phenoxy) is 1. The first-order valence-corrected chi connectivity index (χ1v) is 13.3. The fourth-order valence-corrected chi connectivity index (χ4v) is 6.46. The van der Waals surface area contributed by atoms with Crippen molar-refractivity contribution in [1.82, 2.24) is 9.58 Å². The average molecular weight is 500 g/mol. The van der Waals surface area contributed by atoms with Gasteiger partial charge in [-0.3, -0.25) is 19.3 Å². The normalized spacial score (nSPS) is 20.4. The quantitative estimate of drug-likeness (QED) is 0.590. The maximum atomic E-state index is 14.0. The molecule has 3 heterocycles. The summed E-state index contributed by atoms with van der Waals surface area (Å²) in [5, 5.41) is 13.2. The zero-order valence-corrected chi connectivity index (χ0v) is 21.3. The predicted octanol–water partition coefficient (Wildman–Crippen LogP) is 4.00. The minimum atomic E-state index is -0.547. The van der Waals surface area contributed by atoms with Crippen molar-refractivity contribution in [3.63, 3.8) is 0 Å². The fourth-order valence-electron chi connectivity index (χ4n) is 6.46. The summed E-state index contributed by atoms with van der Waals surface area (Å²) in [6.45, 7) is 5.31. The number of carbonyl (C=O) groups excluding carboxylic acids is 1. The Balaban J connectivity index is 1.67. The molecule has 3 aromatic rings. The van der Waals surface area contributed by atoms with Crippen LogP contribution in [0.1, 0.15) is 65.5 Å². The van der Waals surface area contributed by atoms with Crippen LogP contribution in [0, 0.1) is 5.92 Å². The summed E-state index contributed by atoms with van der Waals surface area (Å²) in [5.41, 5.74) is 4.40. The van der Waals surface area contributed by atoms with Crippen LogP contribution in [0.4, 0.5) is 0 Å². The summed E-state index contributed by atoms with van der Waals surface area (Å²) in [6, 6.07) is 18.1. The lowest BCUT2D eigenvalue weighted by atomic mass is 9.88. The van der Waals surface area contributed by atoms with Crippen molar-refractivity contribution >= 4 is 5.91 Å². The summed E-state index contributed by atoms with van der Waals surface area (Å²) in [5.74, 6) is -0.644. The van der Waals surface area contributed by atoms with E-state index in [4.69, 9.17) is 4.74 Å². The van der Waals surface area contributed by atoms with Crippen LogP contribution in [0.5, 0.6) is 5.75 Å². The lowest BCUT2D eigenvalue weighted by Crippen LogP contribution is -2.66. The maximum Gasteiger partial charge on any atom is 0.278 e. The van der Waals surface area contributed by atoms with E-state index in [1.807, 2.05) is 18.7 Å². The van der Waals surface area contributed by atoms with Crippen molar-refractivity contribution in [2.75, 3.05) is 18.2 Å². The van der Waals surface area contributed by atoms with Crippen molar-refractivity contribution < 1.29 is 14.6 Å². The van der Waals surface area contributed by atoms with Crippen molar-refractivity contribution in [1.29, 1.82) is 0 Å². The number of hydrogen-bond acceptors (Lipinski definition) is 5. The van der Waals surface area contributed by atoms with Gasteiger partial charge in [0.25, 0.3) is 5.91 Å². The van der Waals surface area contributed by atoms with Crippen LogP contribution in [0.3, 0.4) is 0 Å². The molecule has 1 aromatic heterocycles. The van der Waals surface area contributed by atoms with Crippen LogP contribution in [0.15, 0.2) is 65.6 Å². The molecule has 1 saturated heterocycles. The Morgan fingerprint density at radius 2 is 1.49 bits per heavy atom. The Morgan fingerprint density at radius 3 is 2.08 bits per heavy atom. The molecule has 1 amide bonds. The molecule has 1 fully saturated rings. The molecule has 1 atom stereocenters. The number of benzene rings is 2. The first kappa shape index (κ1) is 23.8. The molecule has 2 aliphatic heterocycles. The van der Waals surface area contributed by atoms with Gasteiger partial charge in [0, 0.05) is 37.4 Å². The van der Waals surface area contributed by atoms with E-state index in [2.05, 4.69) is 53.5 Å². The van der Waals surface area contributed by atoms with Crippen LogP contribution in [0.2, 0.25) is 0 Å². The summed E-state index contributed by atoms with van der Waals surface area (Å²) >= 11 is 0. The van der Waals surface area contributed by atoms with E-state index in [9.17, 15) is 14.7 Å². The van der Waals surface area contributed by atoms with Gasteiger partial charge in [-0.2, -0.15) is 0 Å². The van der Waals surface area contributed by atoms with E-state index in [-0.39, 0.29) is 35.8 Å². The molecule has 37 heavy (non-hydrogen) atoms. The summed E-state index contributed by atoms with van der Waals surface area (Å²) in [6.07, 6.45) is 4.89. The highest BCUT2D eigenvalue weighted by Gasteiger charge is 2.48. The van der Waals surface area contributed by atoms with Crippen molar-refractivity contribution in [3.05, 3.63) is 99.0 Å². The second kappa shape index (κ2) is 9.38. The van der Waals surface area contributed by atoms with Crippen LogP contribution in [0.25, 0.3) is 0 Å². The second-order valence-corrected chi connectivity index (χ2v) is 10.6. The number of aromatic nitrogens is 1. The van der Waals surface area contributed by atoms with Gasteiger partial charge in [-0.25, -0.2) is 0 Å². The second-order valence-electron chi connectivity index (χ2n) is 10.6. The van der Waals surface area contributed by atoms with Gasteiger partial charge in [0.05, 0.1) is 6.04 Å². The molecule has 0 bridgehead atoms. The van der Waals surface area contributed by atoms with Crippen molar-refractivity contribution in [2.24, 2.45) is 5.92 Å². The molecule has 0 radical (unpaired) electrons. The van der Waals surface area contributed by atoms with E-state index in [1.165, 1.54) is 28.3 Å². The third kappa shape index (κ3) is 3.84. The van der Waals surface area contributed by atoms with Gasteiger partial charge >= 0.3 is 0 Å². The molecule has 2 aromatic carbocycles. The van der Waals surface area contributed by atoms with Gasteiger partial charge in [0.2, 0.25) is 5.43 Å². The molecule has 7 heteroatoms. The maximum absolute atomic E-state index is 14.0. The zero-order chi connectivity index (χ0) is 25.7. The largest absolute Gasteiger partial charge is 0.502 e. The molecular formula is C30H33N3O4. The Bertz CT molecular complexity index is 1340. The van der Waals surface area contributed by atoms with Gasteiger partial charge in [-0.1, -0.05) is 48.5 Å². The van der Waals surface area contributed by atoms with Crippen LogP contribution in [-0.4, -0.2) is 46.0 Å². The third-order valence-corrected chi connectivity index (χ3v) is 8.17. The van der Waals surface area contributed by atoms with Gasteiger partial charge in [0.15, 0.2) is 11.4 Å². The standard InChI is InChI=1S/C30H33N3O4/c1-19(2)32-29(22-14-17-37-18-15-22)33(31-16-13-25(34)28(35)27(31)30(32)36)26-23-9-5-3-7-20(23)11-12-21-8-4-6-10-24(21)26/h3-10,13,16,19,22,26,29,35H,11-12,14-15,17-18H2,1-2H3. The summed E-state index contributed by atoms with van der Waals surface area (Å²) < 4.78 is 7.49. The number of rotatable bonds is 3. The SMILES string of the molecule is CC(C)N1C(=O)c2c(O)c(=O)ccn2N(C2c3ccccc3CCc3ccccc32)C1C1CCOCC1. The number of amides is 1. The smallest absolute Gasteiger partial charge is 0.278 e. The van der Waals surface area contributed by atoms with E-state index in [1.54, 1.807) is 10.9 Å². The molecule has 7 nitrogen and oxygen atoms in total. The van der Waals surface area contributed by atoms with E-state index in [0.29, 0.717) is 13.2 Å². The minimum absolute atomic E-state index is 0.0312. The minimum Gasteiger partial charge on any atom is -0.502 e. The fraction of sp³-hybridized carbons (Fsp3) is 0.400. The van der Waals surface area contributed by atoms with E-state index < -0.39 is 11.2 Å². The van der Waals surface area contributed by atoms with Crippen LogP contribution >= 0.6 is 0 Å². The number of fused-ring (bicyclic) bond motifs is 3. The lowest BCUT2D eigenvalue weighted by Gasteiger charge is -2.54. The Hall–Kier alpha value is -3.58. The Kier molecular flexibility index (Phi) is 6.03. The molecular weight excluding hydrogens is 466 g/mol. The van der Waals surface area contributed by atoms with Crippen molar-refractivity contribution in [3.8, 4) is 5.75 Å². The molecule has 1 unspecified atom stereocenters. The van der Waals surface area contributed by atoms with E-state index >= 15 is 0 Å². The number of nitrogens with zero attached hydrogens (tertiary/aromatic N) is 3. The van der Waals surface area contributed by atoms with Gasteiger partial charge in [-0.15, -0.1) is 0 Å². The average Bonchev–Trinajstić information content (AvgIpc) is 3.07.